The molecule has 0 saturated carbocycles. The molecule has 3 unspecified atom stereocenters. The van der Waals surface area contributed by atoms with Crippen molar-refractivity contribution in [2.45, 2.75) is 31.6 Å². The molecule has 5 heteroatoms. The lowest BCUT2D eigenvalue weighted by Gasteiger charge is -2.32. The van der Waals surface area contributed by atoms with Gasteiger partial charge in [0, 0.05) is 23.0 Å². The van der Waals surface area contributed by atoms with E-state index in [0.29, 0.717) is 22.7 Å². The third-order valence-corrected chi connectivity index (χ3v) is 7.45. The number of carbonyl (C=O) groups is 3. The van der Waals surface area contributed by atoms with Gasteiger partial charge in [-0.3, -0.25) is 14.4 Å². The summed E-state index contributed by atoms with van der Waals surface area (Å²) in [5.74, 6) is -1.33. The van der Waals surface area contributed by atoms with Crippen molar-refractivity contribution in [2.24, 2.45) is 17.8 Å². The number of ketones is 2. The first-order chi connectivity index (χ1) is 15.0. The molecule has 1 saturated heterocycles. The van der Waals surface area contributed by atoms with Gasteiger partial charge in [0.1, 0.15) is 5.92 Å². The number of Topliss-reactive ketones (excluding diaryl/α,β-unsaturated/α-hetero) is 2. The Hall–Kier alpha value is -2.79. The fourth-order valence-electron chi connectivity index (χ4n) is 5.71. The zero-order chi connectivity index (χ0) is 21.5. The second kappa shape index (κ2) is 8.04. The minimum atomic E-state index is -0.856. The van der Waals surface area contributed by atoms with Crippen molar-refractivity contribution in [1.82, 2.24) is 4.90 Å². The highest BCUT2D eigenvalue weighted by Gasteiger charge is 2.50. The minimum absolute atomic E-state index is 0.0907. The molecule has 1 N–H and O–H groups in total. The molecule has 1 fully saturated rings. The number of carbonyl (C=O) groups excluding carboxylic acids is 3. The Balaban J connectivity index is 1.46. The number of likely N-dealkylation sites (tertiary alicyclic amines) is 1. The van der Waals surface area contributed by atoms with E-state index in [1.165, 1.54) is 0 Å². The SMILES string of the molecule is CN1CCC(CCC2C(=O)c3ccccc3C2C2C(=O)Nc3ccccc3C2=O)CC1. The van der Waals surface area contributed by atoms with Crippen LogP contribution in [0.5, 0.6) is 0 Å². The maximum atomic E-state index is 13.4. The van der Waals surface area contributed by atoms with Gasteiger partial charge in [-0.2, -0.15) is 0 Å². The van der Waals surface area contributed by atoms with Crippen LogP contribution in [0.25, 0.3) is 0 Å². The maximum Gasteiger partial charge on any atom is 0.236 e. The smallest absolute Gasteiger partial charge is 0.236 e. The Morgan fingerprint density at radius 2 is 1.55 bits per heavy atom. The molecule has 5 rings (SSSR count). The number of benzene rings is 2. The van der Waals surface area contributed by atoms with Crippen molar-refractivity contribution >= 4 is 23.2 Å². The molecule has 3 aliphatic rings. The van der Waals surface area contributed by atoms with Crippen LogP contribution in [0.2, 0.25) is 0 Å². The highest BCUT2D eigenvalue weighted by atomic mass is 16.2. The minimum Gasteiger partial charge on any atom is -0.325 e. The number of hydrogen-bond donors (Lipinski definition) is 1. The van der Waals surface area contributed by atoms with Crippen LogP contribution in [0, 0.1) is 17.8 Å². The van der Waals surface area contributed by atoms with Gasteiger partial charge in [0.2, 0.25) is 5.91 Å². The Morgan fingerprint density at radius 1 is 0.871 bits per heavy atom. The van der Waals surface area contributed by atoms with Crippen LogP contribution < -0.4 is 5.32 Å². The van der Waals surface area contributed by atoms with Gasteiger partial charge in [0.25, 0.3) is 0 Å². The summed E-state index contributed by atoms with van der Waals surface area (Å²) in [6.45, 7) is 2.18. The van der Waals surface area contributed by atoms with Crippen LogP contribution in [0.3, 0.4) is 0 Å². The Labute approximate surface area is 182 Å². The van der Waals surface area contributed by atoms with Crippen molar-refractivity contribution in [2.75, 3.05) is 25.5 Å². The van der Waals surface area contributed by atoms with Gasteiger partial charge in [0.15, 0.2) is 11.6 Å². The van der Waals surface area contributed by atoms with Gasteiger partial charge < -0.3 is 10.2 Å². The molecule has 2 aliphatic heterocycles. The first-order valence-corrected chi connectivity index (χ1v) is 11.3. The second-order valence-electron chi connectivity index (χ2n) is 9.28. The molecule has 5 nitrogen and oxygen atoms in total. The first-order valence-electron chi connectivity index (χ1n) is 11.3. The van der Waals surface area contributed by atoms with Crippen molar-refractivity contribution in [3.63, 3.8) is 0 Å². The number of amides is 1. The summed E-state index contributed by atoms with van der Waals surface area (Å²) < 4.78 is 0. The van der Waals surface area contributed by atoms with Gasteiger partial charge in [-0.15, -0.1) is 0 Å². The van der Waals surface area contributed by atoms with E-state index in [1.807, 2.05) is 36.4 Å². The topological polar surface area (TPSA) is 66.5 Å². The lowest BCUT2D eigenvalue weighted by molar-refractivity contribution is -0.119. The highest BCUT2D eigenvalue weighted by Crippen LogP contribution is 2.48. The fourth-order valence-corrected chi connectivity index (χ4v) is 5.71. The van der Waals surface area contributed by atoms with Gasteiger partial charge in [-0.25, -0.2) is 0 Å². The van der Waals surface area contributed by atoms with E-state index < -0.39 is 11.8 Å². The highest BCUT2D eigenvalue weighted by molar-refractivity contribution is 6.22. The monoisotopic (exact) mass is 416 g/mol. The number of hydrogen-bond acceptors (Lipinski definition) is 4. The van der Waals surface area contributed by atoms with Gasteiger partial charge >= 0.3 is 0 Å². The molecule has 160 valence electrons. The lowest BCUT2D eigenvalue weighted by Crippen LogP contribution is -2.41. The average Bonchev–Trinajstić information content (AvgIpc) is 3.05. The Bertz CT molecular complexity index is 1040. The van der Waals surface area contributed by atoms with Crippen LogP contribution >= 0.6 is 0 Å². The molecule has 1 amide bonds. The summed E-state index contributed by atoms with van der Waals surface area (Å²) in [6.07, 6.45) is 3.98. The molecule has 2 aromatic rings. The zero-order valence-corrected chi connectivity index (χ0v) is 17.8. The largest absolute Gasteiger partial charge is 0.325 e. The van der Waals surface area contributed by atoms with Crippen LogP contribution in [0.4, 0.5) is 5.69 Å². The van der Waals surface area contributed by atoms with E-state index in [2.05, 4.69) is 17.3 Å². The molecule has 3 atom stereocenters. The van der Waals surface area contributed by atoms with Crippen LogP contribution in [0.15, 0.2) is 48.5 Å². The Kier molecular flexibility index (Phi) is 5.22. The molecule has 1 aliphatic carbocycles. The van der Waals surface area contributed by atoms with Crippen molar-refractivity contribution in [1.29, 1.82) is 0 Å². The summed E-state index contributed by atoms with van der Waals surface area (Å²) in [4.78, 5) is 42.3. The third kappa shape index (κ3) is 3.51. The van der Waals surface area contributed by atoms with Crippen molar-refractivity contribution < 1.29 is 14.4 Å². The summed E-state index contributed by atoms with van der Waals surface area (Å²) >= 11 is 0. The number of nitrogens with zero attached hydrogens (tertiary/aromatic N) is 1. The number of fused-ring (bicyclic) bond motifs is 2. The average molecular weight is 417 g/mol. The molecule has 0 aromatic heterocycles. The van der Waals surface area contributed by atoms with Crippen LogP contribution in [-0.4, -0.2) is 42.5 Å². The molecule has 2 aromatic carbocycles. The number of rotatable bonds is 4. The summed E-state index contributed by atoms with van der Waals surface area (Å²) in [5, 5.41) is 2.92. The summed E-state index contributed by atoms with van der Waals surface area (Å²) in [6, 6.07) is 14.7. The van der Waals surface area contributed by atoms with E-state index in [9.17, 15) is 14.4 Å². The molecule has 31 heavy (non-hydrogen) atoms. The van der Waals surface area contributed by atoms with Crippen LogP contribution in [0.1, 0.15) is 57.9 Å². The van der Waals surface area contributed by atoms with Crippen LogP contribution in [-0.2, 0) is 4.79 Å². The molecular weight excluding hydrogens is 388 g/mol. The molecule has 0 spiro atoms. The standard InChI is InChI=1S/C26H28N2O3/c1-28-14-12-16(13-15-28)10-11-20-22(17-6-2-3-7-18(17)24(20)29)23-25(30)19-8-4-5-9-21(19)27-26(23)31/h2-9,16,20,22-23H,10-15H2,1H3,(H,27,31). The van der Waals surface area contributed by atoms with Crippen molar-refractivity contribution in [3.8, 4) is 0 Å². The molecule has 0 bridgehead atoms. The van der Waals surface area contributed by atoms with E-state index in [4.69, 9.17) is 0 Å². The lowest BCUT2D eigenvalue weighted by atomic mass is 9.73. The van der Waals surface area contributed by atoms with Gasteiger partial charge in [0.05, 0.1) is 5.69 Å². The predicted octanol–water partition coefficient (Wildman–Crippen LogP) is 4.16. The van der Waals surface area contributed by atoms with E-state index in [-0.39, 0.29) is 23.4 Å². The van der Waals surface area contributed by atoms with Gasteiger partial charge in [-0.05, 0) is 69.4 Å². The van der Waals surface area contributed by atoms with E-state index in [1.54, 1.807) is 12.1 Å². The number of para-hydroxylation sites is 1. The maximum absolute atomic E-state index is 13.4. The Morgan fingerprint density at radius 3 is 2.32 bits per heavy atom. The van der Waals surface area contributed by atoms with E-state index >= 15 is 0 Å². The molecule has 2 heterocycles. The first kappa shape index (κ1) is 20.1. The van der Waals surface area contributed by atoms with E-state index in [0.717, 1.165) is 44.3 Å². The summed E-state index contributed by atoms with van der Waals surface area (Å²) in [7, 11) is 2.15. The number of anilines is 1. The predicted molar refractivity (Wildman–Crippen MR) is 119 cm³/mol. The zero-order valence-electron chi connectivity index (χ0n) is 17.8. The normalized spacial score (nSPS) is 26.5. The number of piperidine rings is 1. The molecule has 0 radical (unpaired) electrons. The quantitative estimate of drug-likeness (QED) is 0.760. The summed E-state index contributed by atoms with van der Waals surface area (Å²) in [5.41, 5.74) is 2.64. The molecular formula is C26H28N2O3. The van der Waals surface area contributed by atoms with Crippen molar-refractivity contribution in [3.05, 3.63) is 65.2 Å². The third-order valence-electron chi connectivity index (χ3n) is 7.45. The van der Waals surface area contributed by atoms with Gasteiger partial charge in [-0.1, -0.05) is 36.4 Å². The fraction of sp³-hybridized carbons (Fsp3) is 0.423. The number of nitrogens with one attached hydrogen (secondary N) is 1. The second-order valence-corrected chi connectivity index (χ2v) is 9.28.